The maximum absolute atomic E-state index is 13.0. The van der Waals surface area contributed by atoms with Gasteiger partial charge in [-0.05, 0) is 39.5 Å². The van der Waals surface area contributed by atoms with Crippen LogP contribution < -0.4 is 5.73 Å². The van der Waals surface area contributed by atoms with Crippen molar-refractivity contribution < 1.29 is 32.9 Å². The van der Waals surface area contributed by atoms with Gasteiger partial charge in [0.25, 0.3) is 0 Å². The van der Waals surface area contributed by atoms with Crippen molar-refractivity contribution in [1.82, 2.24) is 0 Å². The second kappa shape index (κ2) is 14.1. The Morgan fingerprint density at radius 1 is 1.03 bits per heavy atom. The molecule has 8 nitrogen and oxygen atoms in total. The second-order valence-electron chi connectivity index (χ2n) is 10.7. The van der Waals surface area contributed by atoms with Gasteiger partial charge in [-0.3, -0.25) is 4.57 Å². The first kappa shape index (κ1) is 30.2. The zero-order valence-corrected chi connectivity index (χ0v) is 23.2. The molecule has 2 fully saturated rings. The molecule has 2 aliphatic heterocycles. The zero-order chi connectivity index (χ0) is 25.4. The fraction of sp³-hybridized carbons (Fsp3) is 1.00. The van der Waals surface area contributed by atoms with Crippen LogP contribution in [0.1, 0.15) is 98.8 Å². The van der Waals surface area contributed by atoms with E-state index in [2.05, 4.69) is 6.92 Å². The van der Waals surface area contributed by atoms with Crippen molar-refractivity contribution in [1.29, 1.82) is 0 Å². The Morgan fingerprint density at radius 2 is 1.74 bits per heavy atom. The topological polar surface area (TPSA) is 109 Å². The molecule has 5 unspecified atom stereocenters. The molecule has 2 aliphatic rings. The monoisotopic (exact) mass is 505 g/mol. The highest BCUT2D eigenvalue weighted by Crippen LogP contribution is 2.42. The number of hydrogen-bond acceptors (Lipinski definition) is 8. The van der Waals surface area contributed by atoms with Crippen LogP contribution in [0, 0.1) is 0 Å². The van der Waals surface area contributed by atoms with Gasteiger partial charge in [-0.2, -0.15) is 0 Å². The summed E-state index contributed by atoms with van der Waals surface area (Å²) in [6.45, 7) is 10.6. The average molecular weight is 505 g/mol. The first-order valence-electron chi connectivity index (χ1n) is 13.3. The van der Waals surface area contributed by atoms with E-state index >= 15 is 0 Å². The predicted molar refractivity (Wildman–Crippen MR) is 137 cm³/mol. The van der Waals surface area contributed by atoms with Gasteiger partial charge < -0.3 is 34.1 Å². The standard InChI is InChI=1S/C24H49BNO7P/c1-6-9-10-11-12-29-17-14-22(26)31-20(17)16-24(5,8-3)33-34(28)32-18-13-21(25)30-19(18)15-23(4,27)7-2/h17-22,27,34H,6-16,25-26H2,1-5H3/t17?,18?,19-,20-,21-,22-,23?,24?/m1/s1. The smallest absolute Gasteiger partial charge is 0.320 e. The number of ether oxygens (including phenoxy) is 3. The van der Waals surface area contributed by atoms with E-state index in [-0.39, 0.29) is 36.6 Å². The number of rotatable bonds is 16. The summed E-state index contributed by atoms with van der Waals surface area (Å²) in [4.78, 5) is 0. The van der Waals surface area contributed by atoms with Gasteiger partial charge in [0.15, 0.2) is 0 Å². The van der Waals surface area contributed by atoms with Crippen LogP contribution in [-0.2, 0) is 27.8 Å². The van der Waals surface area contributed by atoms with Crippen molar-refractivity contribution in [3.63, 3.8) is 0 Å². The molecule has 200 valence electrons. The lowest BCUT2D eigenvalue weighted by atomic mass is 9.91. The van der Waals surface area contributed by atoms with Gasteiger partial charge >= 0.3 is 8.25 Å². The van der Waals surface area contributed by atoms with Crippen molar-refractivity contribution in [2.45, 2.75) is 147 Å². The maximum Gasteiger partial charge on any atom is 0.320 e. The minimum atomic E-state index is -2.80. The van der Waals surface area contributed by atoms with Gasteiger partial charge in [-0.25, -0.2) is 0 Å². The van der Waals surface area contributed by atoms with E-state index in [4.69, 9.17) is 29.0 Å². The largest absolute Gasteiger partial charge is 0.390 e. The third kappa shape index (κ3) is 9.81. The molecule has 0 aromatic heterocycles. The minimum Gasteiger partial charge on any atom is -0.390 e. The van der Waals surface area contributed by atoms with Crippen LogP contribution in [0.15, 0.2) is 0 Å². The number of aliphatic hydroxyl groups is 1. The molecule has 9 atom stereocenters. The molecule has 0 spiro atoms. The maximum atomic E-state index is 13.0. The molecular weight excluding hydrogens is 456 g/mol. The van der Waals surface area contributed by atoms with Gasteiger partial charge in [-0.15, -0.1) is 0 Å². The molecule has 34 heavy (non-hydrogen) atoms. The van der Waals surface area contributed by atoms with Crippen LogP contribution in [-0.4, -0.2) is 67.4 Å². The zero-order valence-electron chi connectivity index (χ0n) is 22.2. The highest BCUT2D eigenvalue weighted by molar-refractivity contribution is 7.33. The summed E-state index contributed by atoms with van der Waals surface area (Å²) >= 11 is 0. The van der Waals surface area contributed by atoms with E-state index < -0.39 is 19.5 Å². The van der Waals surface area contributed by atoms with Gasteiger partial charge in [0.2, 0.25) is 0 Å². The van der Waals surface area contributed by atoms with Gasteiger partial charge in [0.05, 0.1) is 35.6 Å². The second-order valence-corrected chi connectivity index (χ2v) is 11.6. The Labute approximate surface area is 208 Å². The third-order valence-corrected chi connectivity index (χ3v) is 8.46. The summed E-state index contributed by atoms with van der Waals surface area (Å²) < 4.78 is 42.9. The Hall–Kier alpha value is 0.0149. The highest BCUT2D eigenvalue weighted by atomic mass is 31.1. The molecule has 0 aliphatic carbocycles. The fourth-order valence-corrected chi connectivity index (χ4v) is 5.87. The van der Waals surface area contributed by atoms with Gasteiger partial charge in [-0.1, -0.05) is 40.0 Å². The van der Waals surface area contributed by atoms with Gasteiger partial charge in [0.1, 0.15) is 14.1 Å². The molecule has 2 heterocycles. The lowest BCUT2D eigenvalue weighted by Crippen LogP contribution is -2.37. The first-order chi connectivity index (χ1) is 16.0. The van der Waals surface area contributed by atoms with Crippen molar-refractivity contribution in [2.24, 2.45) is 5.73 Å². The number of nitrogens with two attached hydrogens (primary N) is 1. The fourth-order valence-electron chi connectivity index (χ4n) is 4.70. The highest BCUT2D eigenvalue weighted by Gasteiger charge is 2.42. The van der Waals surface area contributed by atoms with E-state index in [0.29, 0.717) is 45.1 Å². The SMILES string of the molecule is B[C@H]1CC(O[PH](=O)OC(C)(CC)C[C@H]2O[C@@H](N)CC2OCCCCCC)[C@@H](CC(C)(O)CC)O1. The van der Waals surface area contributed by atoms with Crippen LogP contribution in [0.5, 0.6) is 0 Å². The van der Waals surface area contributed by atoms with Crippen molar-refractivity contribution in [3.8, 4) is 0 Å². The van der Waals surface area contributed by atoms with Crippen LogP contribution in [0.25, 0.3) is 0 Å². The summed E-state index contributed by atoms with van der Waals surface area (Å²) in [7, 11) is -0.829. The number of hydrogen-bond donors (Lipinski definition) is 2. The Balaban J connectivity index is 1.91. The molecule has 0 saturated carbocycles. The van der Waals surface area contributed by atoms with E-state index in [1.807, 2.05) is 28.6 Å². The summed E-state index contributed by atoms with van der Waals surface area (Å²) in [5.41, 5.74) is 4.53. The minimum absolute atomic E-state index is 0.0152. The molecule has 0 bridgehead atoms. The molecule has 2 saturated heterocycles. The van der Waals surface area contributed by atoms with Crippen LogP contribution in [0.3, 0.4) is 0 Å². The normalized spacial score (nSPS) is 34.1. The number of unbranched alkanes of at least 4 members (excludes halogenated alkanes) is 3. The molecular formula is C24H49BNO7P. The van der Waals surface area contributed by atoms with Crippen molar-refractivity contribution in [3.05, 3.63) is 0 Å². The van der Waals surface area contributed by atoms with Crippen LogP contribution >= 0.6 is 8.25 Å². The molecule has 10 heteroatoms. The van der Waals surface area contributed by atoms with Gasteiger partial charge in [0, 0.05) is 31.9 Å². The summed E-state index contributed by atoms with van der Waals surface area (Å²) in [5.74, 6) is 0. The first-order valence-corrected chi connectivity index (χ1v) is 14.5. The summed E-state index contributed by atoms with van der Waals surface area (Å²) in [6, 6.07) is -0.0152. The molecule has 0 aromatic rings. The van der Waals surface area contributed by atoms with E-state index in [1.54, 1.807) is 6.92 Å². The third-order valence-electron chi connectivity index (χ3n) is 7.31. The Morgan fingerprint density at radius 3 is 2.38 bits per heavy atom. The van der Waals surface area contributed by atoms with E-state index in [1.165, 1.54) is 12.8 Å². The van der Waals surface area contributed by atoms with Crippen LogP contribution in [0.2, 0.25) is 0 Å². The quantitative estimate of drug-likeness (QED) is 0.186. The van der Waals surface area contributed by atoms with Crippen molar-refractivity contribution in [2.75, 3.05) is 6.61 Å². The predicted octanol–water partition coefficient (Wildman–Crippen LogP) is 3.68. The van der Waals surface area contributed by atoms with E-state index in [9.17, 15) is 9.67 Å². The summed E-state index contributed by atoms with van der Waals surface area (Å²) in [5, 5.41) is 10.5. The lowest BCUT2D eigenvalue weighted by molar-refractivity contribution is -0.0670. The average Bonchev–Trinajstić information content (AvgIpc) is 3.27. The molecule has 2 rings (SSSR count). The molecule has 0 radical (unpaired) electrons. The molecule has 0 amide bonds. The Bertz CT molecular complexity index is 628. The Kier molecular flexibility index (Phi) is 12.5. The molecule has 3 N–H and O–H groups in total. The molecule has 0 aromatic carbocycles. The van der Waals surface area contributed by atoms with Crippen LogP contribution in [0.4, 0.5) is 0 Å². The van der Waals surface area contributed by atoms with E-state index in [0.717, 1.165) is 12.8 Å². The van der Waals surface area contributed by atoms with Crippen molar-refractivity contribution >= 4 is 16.1 Å². The summed E-state index contributed by atoms with van der Waals surface area (Å²) in [6.07, 6.45) is 6.78. The lowest BCUT2D eigenvalue weighted by Gasteiger charge is -2.33.